The summed E-state index contributed by atoms with van der Waals surface area (Å²) in [5.41, 5.74) is 0.578. The summed E-state index contributed by atoms with van der Waals surface area (Å²) < 4.78 is 32.8. The number of carbonyl (C=O) groups is 2. The van der Waals surface area contributed by atoms with Crippen LogP contribution in [0.2, 0.25) is 0 Å². The van der Waals surface area contributed by atoms with E-state index in [1.54, 1.807) is 12.1 Å². The van der Waals surface area contributed by atoms with Crippen LogP contribution in [0.4, 0.5) is 0 Å². The van der Waals surface area contributed by atoms with Crippen LogP contribution in [0.1, 0.15) is 60.2 Å². The van der Waals surface area contributed by atoms with Gasteiger partial charge in [-0.1, -0.05) is 26.7 Å². The molecule has 0 aliphatic rings. The third-order valence-corrected chi connectivity index (χ3v) is 4.94. The first kappa shape index (κ1) is 29.8. The normalized spacial score (nSPS) is 10.9. The van der Waals surface area contributed by atoms with Crippen molar-refractivity contribution in [1.29, 1.82) is 0 Å². The zero-order valence-electron chi connectivity index (χ0n) is 19.8. The Kier molecular flexibility index (Phi) is 18.2. The Balaban J connectivity index is 2.27. The number of carbonyl (C=O) groups excluding carboxylic acids is 2. The molecule has 33 heavy (non-hydrogen) atoms. The molecule has 0 saturated heterocycles. The lowest BCUT2D eigenvalue weighted by Crippen LogP contribution is -2.15. The second-order valence-electron chi connectivity index (χ2n) is 7.16. The lowest BCUT2D eigenvalue weighted by Gasteiger charge is -2.09. The first-order valence-corrected chi connectivity index (χ1v) is 12.6. The lowest BCUT2D eigenvalue weighted by molar-refractivity contribution is 0.0141. The summed E-state index contributed by atoms with van der Waals surface area (Å²) in [5.74, 6) is -1.03. The highest BCUT2D eigenvalue weighted by molar-refractivity contribution is 14.1. The molecule has 0 aliphatic heterocycles. The number of ether oxygens (including phenoxy) is 6. The van der Waals surface area contributed by atoms with Gasteiger partial charge in [0.2, 0.25) is 0 Å². The molecule has 0 bridgehead atoms. The number of halogens is 1. The Labute approximate surface area is 210 Å². The van der Waals surface area contributed by atoms with Gasteiger partial charge in [0, 0.05) is 16.8 Å². The molecule has 0 fully saturated rings. The predicted octanol–water partition coefficient (Wildman–Crippen LogP) is 4.27. The first-order valence-electron chi connectivity index (χ1n) is 11.5. The van der Waals surface area contributed by atoms with Gasteiger partial charge >= 0.3 is 11.9 Å². The van der Waals surface area contributed by atoms with Crippen molar-refractivity contribution in [3.05, 3.63) is 32.9 Å². The topological polar surface area (TPSA) is 89.5 Å². The van der Waals surface area contributed by atoms with Gasteiger partial charge in [-0.2, -0.15) is 0 Å². The van der Waals surface area contributed by atoms with Crippen LogP contribution in [-0.4, -0.2) is 78.0 Å². The Hall–Kier alpha value is -1.27. The molecular weight excluding hydrogens is 543 g/mol. The van der Waals surface area contributed by atoms with Crippen molar-refractivity contribution in [2.75, 3.05) is 66.1 Å². The van der Waals surface area contributed by atoms with E-state index in [0.29, 0.717) is 26.4 Å². The summed E-state index contributed by atoms with van der Waals surface area (Å²) >= 11 is 2.04. The van der Waals surface area contributed by atoms with Crippen molar-refractivity contribution in [3.8, 4) is 0 Å². The van der Waals surface area contributed by atoms with E-state index in [0.717, 1.165) is 42.5 Å². The molecule has 0 N–H and O–H groups in total. The third kappa shape index (κ3) is 15.3. The number of esters is 2. The molecule has 0 radical (unpaired) electrons. The Morgan fingerprint density at radius 2 is 0.970 bits per heavy atom. The molecule has 0 amide bonds. The molecule has 1 aromatic rings. The van der Waals surface area contributed by atoms with Gasteiger partial charge in [0.15, 0.2) is 0 Å². The van der Waals surface area contributed by atoms with E-state index in [1.165, 1.54) is 6.07 Å². The standard InChI is InChI=1S/C24H37IO8/c1-3-5-7-28-9-11-30-13-15-32-23(26)20-17-21(19-22(25)18-20)24(27)33-16-14-31-12-10-29-8-6-4-2/h17-19H,3-16H2,1-2H3. The monoisotopic (exact) mass is 580 g/mol. The molecule has 0 unspecified atom stereocenters. The average Bonchev–Trinajstić information content (AvgIpc) is 2.81. The zero-order chi connectivity index (χ0) is 24.2. The van der Waals surface area contributed by atoms with E-state index in [9.17, 15) is 9.59 Å². The second-order valence-corrected chi connectivity index (χ2v) is 8.40. The van der Waals surface area contributed by atoms with Gasteiger partial charge in [-0.3, -0.25) is 0 Å². The highest BCUT2D eigenvalue weighted by Crippen LogP contribution is 2.15. The molecule has 0 spiro atoms. The largest absolute Gasteiger partial charge is 0.460 e. The van der Waals surface area contributed by atoms with Crippen LogP contribution in [0.25, 0.3) is 0 Å². The van der Waals surface area contributed by atoms with Crippen LogP contribution in [-0.2, 0) is 28.4 Å². The van der Waals surface area contributed by atoms with Crippen LogP contribution in [0.3, 0.4) is 0 Å². The summed E-state index contributed by atoms with van der Waals surface area (Å²) in [6, 6.07) is 4.78. The molecule has 188 valence electrons. The minimum atomic E-state index is -0.517. The lowest BCUT2D eigenvalue weighted by atomic mass is 10.1. The smallest absolute Gasteiger partial charge is 0.338 e. The van der Waals surface area contributed by atoms with Crippen molar-refractivity contribution in [2.24, 2.45) is 0 Å². The van der Waals surface area contributed by atoms with Gasteiger partial charge in [-0.05, 0) is 53.6 Å². The Morgan fingerprint density at radius 1 is 0.606 bits per heavy atom. The number of unbranched alkanes of at least 4 members (excludes halogenated alkanes) is 2. The van der Waals surface area contributed by atoms with Crippen LogP contribution < -0.4 is 0 Å². The highest BCUT2D eigenvalue weighted by atomic mass is 127. The van der Waals surface area contributed by atoms with Gasteiger partial charge in [0.25, 0.3) is 0 Å². The number of benzene rings is 1. The Morgan fingerprint density at radius 3 is 1.36 bits per heavy atom. The molecule has 0 saturated carbocycles. The number of hydrogen-bond acceptors (Lipinski definition) is 8. The molecule has 1 aromatic carbocycles. The van der Waals surface area contributed by atoms with E-state index in [1.807, 2.05) is 22.6 Å². The fraction of sp³-hybridized carbons (Fsp3) is 0.667. The van der Waals surface area contributed by atoms with Crippen molar-refractivity contribution >= 4 is 34.5 Å². The quantitative estimate of drug-likeness (QED) is 0.128. The third-order valence-electron chi connectivity index (χ3n) is 4.32. The molecule has 0 heterocycles. The van der Waals surface area contributed by atoms with E-state index in [-0.39, 0.29) is 37.6 Å². The SMILES string of the molecule is CCCCOCCOCCOC(=O)c1cc(I)cc(C(=O)OCCOCCOCCCC)c1. The van der Waals surface area contributed by atoms with E-state index < -0.39 is 11.9 Å². The van der Waals surface area contributed by atoms with Crippen LogP contribution in [0.5, 0.6) is 0 Å². The maximum atomic E-state index is 12.3. The summed E-state index contributed by atoms with van der Waals surface area (Å²) in [4.78, 5) is 24.6. The molecule has 0 aromatic heterocycles. The zero-order valence-corrected chi connectivity index (χ0v) is 21.9. The molecule has 1 rings (SSSR count). The molecule has 0 aliphatic carbocycles. The maximum Gasteiger partial charge on any atom is 0.338 e. The summed E-state index contributed by atoms with van der Waals surface area (Å²) in [7, 11) is 0. The van der Waals surface area contributed by atoms with E-state index in [4.69, 9.17) is 28.4 Å². The fourth-order valence-electron chi connectivity index (χ4n) is 2.52. The molecule has 8 nitrogen and oxygen atoms in total. The molecule has 0 atom stereocenters. The molecule has 9 heteroatoms. The number of rotatable bonds is 20. The van der Waals surface area contributed by atoms with Gasteiger partial charge in [0.05, 0.1) is 50.8 Å². The van der Waals surface area contributed by atoms with E-state index >= 15 is 0 Å². The van der Waals surface area contributed by atoms with Gasteiger partial charge in [-0.25, -0.2) is 9.59 Å². The van der Waals surface area contributed by atoms with Crippen molar-refractivity contribution < 1.29 is 38.0 Å². The highest BCUT2D eigenvalue weighted by Gasteiger charge is 2.14. The summed E-state index contributed by atoms with van der Waals surface area (Å²) in [6.45, 7) is 8.44. The Bertz CT molecular complexity index is 616. The average molecular weight is 580 g/mol. The van der Waals surface area contributed by atoms with Gasteiger partial charge < -0.3 is 28.4 Å². The van der Waals surface area contributed by atoms with Crippen LogP contribution in [0, 0.1) is 3.57 Å². The summed E-state index contributed by atoms with van der Waals surface area (Å²) in [5, 5.41) is 0. The minimum Gasteiger partial charge on any atom is -0.460 e. The van der Waals surface area contributed by atoms with Gasteiger partial charge in [-0.15, -0.1) is 0 Å². The predicted molar refractivity (Wildman–Crippen MR) is 133 cm³/mol. The maximum absolute atomic E-state index is 12.3. The van der Waals surface area contributed by atoms with Crippen LogP contribution >= 0.6 is 22.6 Å². The van der Waals surface area contributed by atoms with Crippen molar-refractivity contribution in [3.63, 3.8) is 0 Å². The van der Waals surface area contributed by atoms with Crippen molar-refractivity contribution in [1.82, 2.24) is 0 Å². The fourth-order valence-corrected chi connectivity index (χ4v) is 3.19. The van der Waals surface area contributed by atoms with Crippen molar-refractivity contribution in [2.45, 2.75) is 39.5 Å². The van der Waals surface area contributed by atoms with Crippen LogP contribution in [0.15, 0.2) is 18.2 Å². The second kappa shape index (κ2) is 20.1. The minimum absolute atomic E-state index is 0.124. The molecular formula is C24H37IO8. The number of hydrogen-bond donors (Lipinski definition) is 0. The van der Waals surface area contributed by atoms with Gasteiger partial charge in [0.1, 0.15) is 13.2 Å². The first-order chi connectivity index (χ1) is 16.1. The summed E-state index contributed by atoms with van der Waals surface area (Å²) in [6.07, 6.45) is 4.26. The van der Waals surface area contributed by atoms with E-state index in [2.05, 4.69) is 13.8 Å².